The molecule has 1 heterocycles. The molecule has 0 aliphatic carbocycles. The van der Waals surface area contributed by atoms with E-state index in [2.05, 4.69) is 10.3 Å². The molecular weight excluding hydrogens is 311 g/mol. The number of hydrogen-bond donors (Lipinski definition) is 1. The molecule has 0 fully saturated rings. The van der Waals surface area contributed by atoms with E-state index in [1.54, 1.807) is 17.4 Å². The molecule has 116 valence electrons. The molecule has 1 aromatic heterocycles. The summed E-state index contributed by atoms with van der Waals surface area (Å²) in [6.45, 7) is 2.36. The normalized spacial score (nSPS) is 10.5. The minimum atomic E-state index is -0.423. The maximum absolute atomic E-state index is 13.1. The van der Waals surface area contributed by atoms with Gasteiger partial charge >= 0.3 is 0 Å². The van der Waals surface area contributed by atoms with Gasteiger partial charge in [0.2, 0.25) is 0 Å². The standard InChI is InChI=1S/C18H15FN2OS/c1-12-5-2-3-8-16(12)18-21-15(11-23-18)10-20-17(22)13-6-4-7-14(19)9-13/h2-9,11H,10H2,1H3,(H,20,22). The predicted molar refractivity (Wildman–Crippen MR) is 89.9 cm³/mol. The number of benzene rings is 2. The van der Waals surface area contributed by atoms with E-state index in [1.165, 1.54) is 18.2 Å². The van der Waals surface area contributed by atoms with Crippen molar-refractivity contribution in [3.63, 3.8) is 0 Å². The first-order chi connectivity index (χ1) is 11.1. The fourth-order valence-corrected chi connectivity index (χ4v) is 3.14. The number of nitrogens with zero attached hydrogens (tertiary/aromatic N) is 1. The summed E-state index contributed by atoms with van der Waals surface area (Å²) in [6.07, 6.45) is 0. The smallest absolute Gasteiger partial charge is 0.251 e. The first-order valence-electron chi connectivity index (χ1n) is 7.17. The zero-order valence-corrected chi connectivity index (χ0v) is 13.4. The van der Waals surface area contributed by atoms with Crippen molar-refractivity contribution in [1.82, 2.24) is 10.3 Å². The van der Waals surface area contributed by atoms with Crippen molar-refractivity contribution in [3.8, 4) is 10.6 Å². The molecule has 3 aromatic rings. The van der Waals surface area contributed by atoms with Gasteiger partial charge in [-0.05, 0) is 30.7 Å². The molecule has 3 nitrogen and oxygen atoms in total. The predicted octanol–water partition coefficient (Wildman–Crippen LogP) is 4.19. The molecule has 2 aromatic carbocycles. The van der Waals surface area contributed by atoms with Gasteiger partial charge in [-0.1, -0.05) is 30.3 Å². The maximum Gasteiger partial charge on any atom is 0.251 e. The van der Waals surface area contributed by atoms with Gasteiger partial charge in [0.1, 0.15) is 10.8 Å². The summed E-state index contributed by atoms with van der Waals surface area (Å²) < 4.78 is 13.1. The third-order valence-electron chi connectivity index (χ3n) is 3.44. The van der Waals surface area contributed by atoms with Crippen LogP contribution in [-0.2, 0) is 6.54 Å². The Kier molecular flexibility index (Phi) is 4.48. The van der Waals surface area contributed by atoms with E-state index < -0.39 is 5.82 Å². The van der Waals surface area contributed by atoms with Gasteiger partial charge in [-0.3, -0.25) is 4.79 Å². The van der Waals surface area contributed by atoms with Gasteiger partial charge < -0.3 is 5.32 Å². The second kappa shape index (κ2) is 6.71. The van der Waals surface area contributed by atoms with Crippen molar-refractivity contribution in [1.29, 1.82) is 0 Å². The Morgan fingerprint density at radius 2 is 2.04 bits per heavy atom. The summed E-state index contributed by atoms with van der Waals surface area (Å²) in [5.74, 6) is -0.733. The second-order valence-corrected chi connectivity index (χ2v) is 6.01. The van der Waals surface area contributed by atoms with Gasteiger partial charge in [-0.2, -0.15) is 0 Å². The molecule has 0 atom stereocenters. The highest BCUT2D eigenvalue weighted by Gasteiger charge is 2.09. The van der Waals surface area contributed by atoms with Crippen molar-refractivity contribution in [2.24, 2.45) is 0 Å². The average Bonchev–Trinajstić information content (AvgIpc) is 3.02. The van der Waals surface area contributed by atoms with Crippen LogP contribution in [0.25, 0.3) is 10.6 Å². The number of aryl methyl sites for hydroxylation is 1. The highest BCUT2D eigenvalue weighted by molar-refractivity contribution is 7.13. The number of carbonyl (C=O) groups is 1. The summed E-state index contributed by atoms with van der Waals surface area (Å²) in [5, 5.41) is 5.61. The van der Waals surface area contributed by atoms with E-state index in [0.717, 1.165) is 21.8 Å². The van der Waals surface area contributed by atoms with Crippen LogP contribution in [-0.4, -0.2) is 10.9 Å². The van der Waals surface area contributed by atoms with Crippen molar-refractivity contribution >= 4 is 17.2 Å². The van der Waals surface area contributed by atoms with E-state index in [0.29, 0.717) is 12.1 Å². The fraction of sp³-hybridized carbons (Fsp3) is 0.111. The quantitative estimate of drug-likeness (QED) is 0.781. The number of carbonyl (C=O) groups excluding carboxylic acids is 1. The molecule has 23 heavy (non-hydrogen) atoms. The molecule has 0 spiro atoms. The summed E-state index contributed by atoms with van der Waals surface area (Å²) in [4.78, 5) is 16.6. The van der Waals surface area contributed by atoms with Crippen LogP contribution in [0.15, 0.2) is 53.9 Å². The average molecular weight is 326 g/mol. The van der Waals surface area contributed by atoms with E-state index in [9.17, 15) is 9.18 Å². The van der Waals surface area contributed by atoms with Gasteiger partial charge in [0.25, 0.3) is 5.91 Å². The molecule has 0 radical (unpaired) electrons. The zero-order valence-electron chi connectivity index (χ0n) is 12.5. The van der Waals surface area contributed by atoms with Crippen LogP contribution in [0.2, 0.25) is 0 Å². The first kappa shape index (κ1) is 15.4. The van der Waals surface area contributed by atoms with Crippen molar-refractivity contribution < 1.29 is 9.18 Å². The largest absolute Gasteiger partial charge is 0.346 e. The number of rotatable bonds is 4. The fourth-order valence-electron chi connectivity index (χ4n) is 2.23. The molecule has 0 unspecified atom stereocenters. The lowest BCUT2D eigenvalue weighted by Gasteiger charge is -2.03. The lowest BCUT2D eigenvalue weighted by molar-refractivity contribution is 0.0950. The van der Waals surface area contributed by atoms with Crippen molar-refractivity contribution in [2.45, 2.75) is 13.5 Å². The van der Waals surface area contributed by atoms with Crippen LogP contribution in [0, 0.1) is 12.7 Å². The summed E-state index contributed by atoms with van der Waals surface area (Å²) in [5.41, 5.74) is 3.36. The number of nitrogens with one attached hydrogen (secondary N) is 1. The maximum atomic E-state index is 13.1. The van der Waals surface area contributed by atoms with E-state index in [4.69, 9.17) is 0 Å². The van der Waals surface area contributed by atoms with Crippen LogP contribution in [0.5, 0.6) is 0 Å². The Bertz CT molecular complexity index is 844. The number of halogens is 1. The molecule has 0 aliphatic heterocycles. The molecule has 1 amide bonds. The number of thiazole rings is 1. The summed E-state index contributed by atoms with van der Waals surface area (Å²) >= 11 is 1.54. The van der Waals surface area contributed by atoms with Gasteiger partial charge in [0, 0.05) is 16.5 Å². The Hall–Kier alpha value is -2.53. The highest BCUT2D eigenvalue weighted by atomic mass is 32.1. The van der Waals surface area contributed by atoms with Crippen LogP contribution in [0.3, 0.4) is 0 Å². The summed E-state index contributed by atoms with van der Waals surface area (Å²) in [6, 6.07) is 13.7. The SMILES string of the molecule is Cc1ccccc1-c1nc(CNC(=O)c2cccc(F)c2)cs1. The van der Waals surface area contributed by atoms with Crippen LogP contribution >= 0.6 is 11.3 Å². The Balaban J connectivity index is 1.68. The number of aromatic nitrogens is 1. The molecule has 0 saturated heterocycles. The van der Waals surface area contributed by atoms with Crippen LogP contribution < -0.4 is 5.32 Å². The lowest BCUT2D eigenvalue weighted by Crippen LogP contribution is -2.23. The van der Waals surface area contributed by atoms with Gasteiger partial charge in [0.15, 0.2) is 0 Å². The summed E-state index contributed by atoms with van der Waals surface area (Å²) in [7, 11) is 0. The topological polar surface area (TPSA) is 42.0 Å². The lowest BCUT2D eigenvalue weighted by atomic mass is 10.1. The van der Waals surface area contributed by atoms with E-state index in [1.807, 2.05) is 36.6 Å². The molecule has 1 N–H and O–H groups in total. The monoisotopic (exact) mass is 326 g/mol. The Labute approximate surface area is 137 Å². The third-order valence-corrected chi connectivity index (χ3v) is 4.37. The Morgan fingerprint density at radius 1 is 1.22 bits per heavy atom. The zero-order chi connectivity index (χ0) is 16.2. The van der Waals surface area contributed by atoms with Crippen molar-refractivity contribution in [2.75, 3.05) is 0 Å². The molecular formula is C18H15FN2OS. The van der Waals surface area contributed by atoms with Gasteiger partial charge in [0.05, 0.1) is 12.2 Å². The van der Waals surface area contributed by atoms with E-state index in [-0.39, 0.29) is 5.91 Å². The van der Waals surface area contributed by atoms with Gasteiger partial charge in [-0.25, -0.2) is 9.37 Å². The number of hydrogen-bond acceptors (Lipinski definition) is 3. The molecule has 5 heteroatoms. The van der Waals surface area contributed by atoms with E-state index >= 15 is 0 Å². The van der Waals surface area contributed by atoms with Gasteiger partial charge in [-0.15, -0.1) is 11.3 Å². The highest BCUT2D eigenvalue weighted by Crippen LogP contribution is 2.26. The molecule has 3 rings (SSSR count). The minimum absolute atomic E-state index is 0.305. The molecule has 0 saturated carbocycles. The van der Waals surface area contributed by atoms with Crippen molar-refractivity contribution in [3.05, 3.63) is 76.5 Å². The second-order valence-electron chi connectivity index (χ2n) is 5.15. The molecule has 0 aliphatic rings. The number of amides is 1. The van der Waals surface area contributed by atoms with Crippen LogP contribution in [0.4, 0.5) is 4.39 Å². The first-order valence-corrected chi connectivity index (χ1v) is 8.05. The third kappa shape index (κ3) is 3.63. The van der Waals surface area contributed by atoms with Crippen LogP contribution in [0.1, 0.15) is 21.6 Å². The molecule has 0 bridgehead atoms. The minimum Gasteiger partial charge on any atom is -0.346 e. The Morgan fingerprint density at radius 3 is 2.83 bits per heavy atom.